The van der Waals surface area contributed by atoms with Gasteiger partial charge in [-0.25, -0.2) is 9.97 Å². The van der Waals surface area contributed by atoms with Crippen LogP contribution in [0.2, 0.25) is 5.15 Å². The van der Waals surface area contributed by atoms with Gasteiger partial charge in [-0.3, -0.25) is 4.79 Å². The summed E-state index contributed by atoms with van der Waals surface area (Å²) < 4.78 is 0.689. The highest BCUT2D eigenvalue weighted by Crippen LogP contribution is 2.19. The molecule has 92 valence electrons. The van der Waals surface area contributed by atoms with Crippen LogP contribution in [0.4, 0.5) is 5.82 Å². The van der Waals surface area contributed by atoms with Crippen LogP contribution in [0.15, 0.2) is 35.1 Å². The van der Waals surface area contributed by atoms with E-state index in [0.717, 1.165) is 5.56 Å². The number of hydrogen-bond donors (Lipinski definition) is 1. The van der Waals surface area contributed by atoms with Gasteiger partial charge in [-0.1, -0.05) is 17.7 Å². The van der Waals surface area contributed by atoms with Crippen LogP contribution in [0.25, 0.3) is 0 Å². The second kappa shape index (κ2) is 5.46. The molecule has 2 aromatic heterocycles. The number of pyridine rings is 2. The molecule has 0 spiro atoms. The number of halogens is 2. The topological polar surface area (TPSA) is 54.9 Å². The van der Waals surface area contributed by atoms with E-state index >= 15 is 0 Å². The van der Waals surface area contributed by atoms with Crippen molar-refractivity contribution in [2.75, 3.05) is 5.32 Å². The summed E-state index contributed by atoms with van der Waals surface area (Å²) in [5.74, 6) is 0.131. The molecule has 18 heavy (non-hydrogen) atoms. The Bertz CT molecular complexity index is 586. The lowest BCUT2D eigenvalue weighted by molar-refractivity contribution is 0.102. The third kappa shape index (κ3) is 3.05. The lowest BCUT2D eigenvalue weighted by atomic mass is 10.2. The number of carbonyl (C=O) groups is 1. The lowest BCUT2D eigenvalue weighted by Crippen LogP contribution is -2.14. The maximum absolute atomic E-state index is 12.0. The van der Waals surface area contributed by atoms with Crippen molar-refractivity contribution >= 4 is 39.3 Å². The predicted octanol–water partition coefficient (Wildman–Crippen LogP) is 3.45. The molecule has 1 amide bonds. The minimum atomic E-state index is -0.342. The van der Waals surface area contributed by atoms with E-state index in [0.29, 0.717) is 15.9 Å². The SMILES string of the molecule is Cc1ccc(NC(=O)c2cc(Br)cnc2Cl)nc1. The number of anilines is 1. The summed E-state index contributed by atoms with van der Waals surface area (Å²) in [5, 5.41) is 2.81. The van der Waals surface area contributed by atoms with E-state index in [1.165, 1.54) is 6.20 Å². The highest BCUT2D eigenvalue weighted by molar-refractivity contribution is 9.10. The summed E-state index contributed by atoms with van der Waals surface area (Å²) >= 11 is 9.11. The van der Waals surface area contributed by atoms with Gasteiger partial charge in [-0.2, -0.15) is 0 Å². The monoisotopic (exact) mass is 325 g/mol. The Balaban J connectivity index is 2.21. The number of rotatable bonds is 2. The molecule has 0 aliphatic heterocycles. The summed E-state index contributed by atoms with van der Waals surface area (Å²) in [4.78, 5) is 20.0. The molecule has 2 heterocycles. The van der Waals surface area contributed by atoms with Gasteiger partial charge in [-0.05, 0) is 40.5 Å². The average Bonchev–Trinajstić information content (AvgIpc) is 2.35. The molecule has 0 unspecified atom stereocenters. The molecule has 0 aliphatic rings. The fourth-order valence-corrected chi connectivity index (χ4v) is 1.83. The molecule has 2 aromatic rings. The van der Waals surface area contributed by atoms with Gasteiger partial charge in [0, 0.05) is 16.9 Å². The molecule has 0 saturated carbocycles. The van der Waals surface area contributed by atoms with Crippen molar-refractivity contribution in [2.45, 2.75) is 6.92 Å². The normalized spacial score (nSPS) is 10.2. The zero-order valence-corrected chi connectivity index (χ0v) is 11.8. The third-order valence-electron chi connectivity index (χ3n) is 2.20. The average molecular weight is 327 g/mol. The van der Waals surface area contributed by atoms with E-state index < -0.39 is 0 Å². The Kier molecular flexibility index (Phi) is 3.93. The summed E-state index contributed by atoms with van der Waals surface area (Å²) in [6.07, 6.45) is 3.21. The summed E-state index contributed by atoms with van der Waals surface area (Å²) in [6, 6.07) is 5.20. The van der Waals surface area contributed by atoms with Crippen LogP contribution in [0.5, 0.6) is 0 Å². The molecular formula is C12H9BrClN3O. The van der Waals surface area contributed by atoms with Gasteiger partial charge in [0.2, 0.25) is 0 Å². The van der Waals surface area contributed by atoms with Crippen molar-refractivity contribution in [3.63, 3.8) is 0 Å². The second-order valence-electron chi connectivity index (χ2n) is 3.67. The van der Waals surface area contributed by atoms with E-state index in [-0.39, 0.29) is 11.1 Å². The molecule has 0 aromatic carbocycles. The van der Waals surface area contributed by atoms with Gasteiger partial charge in [-0.15, -0.1) is 0 Å². The Morgan fingerprint density at radius 1 is 1.33 bits per heavy atom. The fraction of sp³-hybridized carbons (Fsp3) is 0.0833. The molecule has 4 nitrogen and oxygen atoms in total. The predicted molar refractivity (Wildman–Crippen MR) is 73.9 cm³/mol. The van der Waals surface area contributed by atoms with E-state index in [9.17, 15) is 4.79 Å². The summed E-state index contributed by atoms with van der Waals surface area (Å²) in [7, 11) is 0. The highest BCUT2D eigenvalue weighted by Gasteiger charge is 2.12. The molecule has 0 fully saturated rings. The Hall–Kier alpha value is -1.46. The van der Waals surface area contributed by atoms with E-state index in [4.69, 9.17) is 11.6 Å². The van der Waals surface area contributed by atoms with Crippen molar-refractivity contribution in [3.8, 4) is 0 Å². The smallest absolute Gasteiger partial charge is 0.259 e. The largest absolute Gasteiger partial charge is 0.306 e. The van der Waals surface area contributed by atoms with Gasteiger partial charge in [0.1, 0.15) is 11.0 Å². The van der Waals surface area contributed by atoms with E-state index in [1.807, 2.05) is 13.0 Å². The number of aromatic nitrogens is 2. The molecule has 6 heteroatoms. The fourth-order valence-electron chi connectivity index (χ4n) is 1.31. The van der Waals surface area contributed by atoms with Crippen molar-refractivity contribution in [2.24, 2.45) is 0 Å². The Labute approximate surface area is 118 Å². The van der Waals surface area contributed by atoms with Gasteiger partial charge < -0.3 is 5.32 Å². The van der Waals surface area contributed by atoms with Crippen LogP contribution in [0.3, 0.4) is 0 Å². The first-order chi connectivity index (χ1) is 8.56. The van der Waals surface area contributed by atoms with E-state index in [2.05, 4.69) is 31.2 Å². The molecule has 0 bridgehead atoms. The molecule has 2 rings (SSSR count). The number of hydrogen-bond acceptors (Lipinski definition) is 3. The quantitative estimate of drug-likeness (QED) is 0.860. The first kappa shape index (κ1) is 13.0. The Morgan fingerprint density at radius 3 is 2.78 bits per heavy atom. The van der Waals surface area contributed by atoms with Crippen molar-refractivity contribution < 1.29 is 4.79 Å². The maximum atomic E-state index is 12.0. The molecule has 0 saturated heterocycles. The maximum Gasteiger partial charge on any atom is 0.259 e. The van der Waals surface area contributed by atoms with Crippen LogP contribution in [-0.4, -0.2) is 15.9 Å². The van der Waals surface area contributed by atoms with E-state index in [1.54, 1.807) is 18.3 Å². The first-order valence-corrected chi connectivity index (χ1v) is 6.28. The van der Waals surface area contributed by atoms with Crippen LogP contribution in [0.1, 0.15) is 15.9 Å². The van der Waals surface area contributed by atoms with Crippen LogP contribution >= 0.6 is 27.5 Å². The number of nitrogens with one attached hydrogen (secondary N) is 1. The molecule has 0 atom stereocenters. The summed E-state index contributed by atoms with van der Waals surface area (Å²) in [5.41, 5.74) is 1.32. The molecule has 1 N–H and O–H groups in total. The van der Waals surface area contributed by atoms with Crippen LogP contribution in [0, 0.1) is 6.92 Å². The Morgan fingerprint density at radius 2 is 2.11 bits per heavy atom. The first-order valence-electron chi connectivity index (χ1n) is 5.11. The summed E-state index contributed by atoms with van der Waals surface area (Å²) in [6.45, 7) is 1.92. The van der Waals surface area contributed by atoms with Crippen molar-refractivity contribution in [1.82, 2.24) is 9.97 Å². The highest BCUT2D eigenvalue weighted by atomic mass is 79.9. The number of nitrogens with zero attached hydrogens (tertiary/aromatic N) is 2. The minimum absolute atomic E-state index is 0.155. The third-order valence-corrected chi connectivity index (χ3v) is 2.94. The second-order valence-corrected chi connectivity index (χ2v) is 4.94. The number of aryl methyl sites for hydroxylation is 1. The molecular weight excluding hydrogens is 318 g/mol. The zero-order chi connectivity index (χ0) is 13.1. The van der Waals surface area contributed by atoms with Gasteiger partial charge >= 0.3 is 0 Å². The molecule has 0 aliphatic carbocycles. The van der Waals surface area contributed by atoms with Crippen LogP contribution in [-0.2, 0) is 0 Å². The van der Waals surface area contributed by atoms with Gasteiger partial charge in [0.15, 0.2) is 0 Å². The molecule has 0 radical (unpaired) electrons. The number of carbonyl (C=O) groups excluding carboxylic acids is 1. The lowest BCUT2D eigenvalue weighted by Gasteiger charge is -2.06. The standard InChI is InChI=1S/C12H9BrClN3O/c1-7-2-3-10(15-5-7)17-12(18)9-4-8(13)6-16-11(9)14/h2-6H,1H3,(H,15,17,18). The van der Waals surface area contributed by atoms with Gasteiger partial charge in [0.05, 0.1) is 5.56 Å². The van der Waals surface area contributed by atoms with Crippen molar-refractivity contribution in [3.05, 3.63) is 51.3 Å². The minimum Gasteiger partial charge on any atom is -0.306 e. The zero-order valence-electron chi connectivity index (χ0n) is 9.45. The van der Waals surface area contributed by atoms with Crippen molar-refractivity contribution in [1.29, 1.82) is 0 Å². The van der Waals surface area contributed by atoms with Gasteiger partial charge in [0.25, 0.3) is 5.91 Å². The number of amides is 1. The van der Waals surface area contributed by atoms with Crippen LogP contribution < -0.4 is 5.32 Å².